The first-order chi connectivity index (χ1) is 9.16. The van der Waals surface area contributed by atoms with Crippen molar-refractivity contribution in [3.63, 3.8) is 0 Å². The molecule has 1 aromatic rings. The third kappa shape index (κ3) is 4.16. The Balaban J connectivity index is 1.78. The predicted molar refractivity (Wildman–Crippen MR) is 77.4 cm³/mol. The Labute approximate surface area is 115 Å². The summed E-state index contributed by atoms with van der Waals surface area (Å²) in [7, 11) is 0. The van der Waals surface area contributed by atoms with Gasteiger partial charge in [-0.2, -0.15) is 0 Å². The maximum absolute atomic E-state index is 11.9. The van der Waals surface area contributed by atoms with Gasteiger partial charge in [0.25, 0.3) is 5.56 Å². The van der Waals surface area contributed by atoms with Gasteiger partial charge in [0.05, 0.1) is 0 Å². The molecule has 0 amide bonds. The largest absolute Gasteiger partial charge is 0.315 e. The molecule has 0 saturated heterocycles. The van der Waals surface area contributed by atoms with Crippen LogP contribution in [0.2, 0.25) is 0 Å². The molecule has 106 valence electrons. The average molecular weight is 263 g/mol. The Hall–Kier alpha value is -1.16. The van der Waals surface area contributed by atoms with Crippen molar-refractivity contribution in [1.82, 2.24) is 14.9 Å². The zero-order chi connectivity index (χ0) is 13.7. The fourth-order valence-electron chi connectivity index (χ4n) is 2.92. The van der Waals surface area contributed by atoms with E-state index in [4.69, 9.17) is 0 Å². The Morgan fingerprint density at radius 3 is 2.74 bits per heavy atom. The number of aromatic nitrogens is 2. The Bertz CT molecular complexity index is 461. The van der Waals surface area contributed by atoms with E-state index in [0.29, 0.717) is 6.54 Å². The second kappa shape index (κ2) is 6.85. The third-order valence-electron chi connectivity index (χ3n) is 4.00. The maximum Gasteiger partial charge on any atom is 0.253 e. The molecule has 1 aliphatic rings. The minimum atomic E-state index is 0.0597. The van der Waals surface area contributed by atoms with Crippen molar-refractivity contribution in [1.29, 1.82) is 0 Å². The van der Waals surface area contributed by atoms with Gasteiger partial charge in [-0.1, -0.05) is 19.3 Å². The summed E-state index contributed by atoms with van der Waals surface area (Å²) >= 11 is 0. The SMILES string of the molecule is Cc1cc(=O)n(CCNCC2CCCCC2)c(C)n1. The number of hydrogen-bond acceptors (Lipinski definition) is 3. The van der Waals surface area contributed by atoms with Gasteiger partial charge in [-0.3, -0.25) is 9.36 Å². The molecule has 0 radical (unpaired) electrons. The van der Waals surface area contributed by atoms with Crippen LogP contribution in [0.4, 0.5) is 0 Å². The first kappa shape index (κ1) is 14.3. The molecule has 4 heteroatoms. The van der Waals surface area contributed by atoms with Crippen LogP contribution < -0.4 is 10.9 Å². The highest BCUT2D eigenvalue weighted by Gasteiger charge is 2.12. The van der Waals surface area contributed by atoms with Gasteiger partial charge in [-0.25, -0.2) is 4.98 Å². The molecule has 19 heavy (non-hydrogen) atoms. The molecule has 0 aliphatic heterocycles. The molecule has 0 unspecified atom stereocenters. The Morgan fingerprint density at radius 2 is 2.05 bits per heavy atom. The Morgan fingerprint density at radius 1 is 1.32 bits per heavy atom. The molecule has 1 heterocycles. The van der Waals surface area contributed by atoms with Crippen molar-refractivity contribution in [2.75, 3.05) is 13.1 Å². The lowest BCUT2D eigenvalue weighted by molar-refractivity contribution is 0.340. The molecule has 0 aromatic carbocycles. The molecule has 0 bridgehead atoms. The smallest absolute Gasteiger partial charge is 0.253 e. The van der Waals surface area contributed by atoms with Gasteiger partial charge in [0.15, 0.2) is 0 Å². The van der Waals surface area contributed by atoms with E-state index in [1.807, 2.05) is 13.8 Å². The molecule has 1 N–H and O–H groups in total. The van der Waals surface area contributed by atoms with Crippen LogP contribution in [0.5, 0.6) is 0 Å². The van der Waals surface area contributed by atoms with Crippen LogP contribution in [-0.2, 0) is 6.54 Å². The van der Waals surface area contributed by atoms with Gasteiger partial charge in [0.1, 0.15) is 5.82 Å². The molecule has 2 rings (SSSR count). The summed E-state index contributed by atoms with van der Waals surface area (Å²) in [6.45, 7) is 6.41. The van der Waals surface area contributed by atoms with Gasteiger partial charge in [0, 0.05) is 24.8 Å². The van der Waals surface area contributed by atoms with E-state index < -0.39 is 0 Å². The van der Waals surface area contributed by atoms with Gasteiger partial charge in [-0.15, -0.1) is 0 Å². The molecule has 1 saturated carbocycles. The lowest BCUT2D eigenvalue weighted by atomic mass is 9.89. The monoisotopic (exact) mass is 263 g/mol. The highest BCUT2D eigenvalue weighted by Crippen LogP contribution is 2.22. The van der Waals surface area contributed by atoms with Gasteiger partial charge < -0.3 is 5.32 Å². The van der Waals surface area contributed by atoms with Crippen molar-refractivity contribution in [2.24, 2.45) is 5.92 Å². The van der Waals surface area contributed by atoms with Crippen molar-refractivity contribution < 1.29 is 0 Å². The fourth-order valence-corrected chi connectivity index (χ4v) is 2.92. The van der Waals surface area contributed by atoms with Gasteiger partial charge >= 0.3 is 0 Å². The van der Waals surface area contributed by atoms with E-state index in [0.717, 1.165) is 30.5 Å². The number of aryl methyl sites for hydroxylation is 2. The molecule has 0 spiro atoms. The van der Waals surface area contributed by atoms with Crippen molar-refractivity contribution in [3.8, 4) is 0 Å². The lowest BCUT2D eigenvalue weighted by Gasteiger charge is -2.22. The summed E-state index contributed by atoms with van der Waals surface area (Å²) in [6, 6.07) is 1.61. The van der Waals surface area contributed by atoms with Gasteiger partial charge in [-0.05, 0) is 39.2 Å². The fraction of sp³-hybridized carbons (Fsp3) is 0.733. The second-order valence-electron chi connectivity index (χ2n) is 5.64. The summed E-state index contributed by atoms with van der Waals surface area (Å²) in [5.74, 6) is 1.65. The van der Waals surface area contributed by atoms with Crippen molar-refractivity contribution in [2.45, 2.75) is 52.5 Å². The van der Waals surface area contributed by atoms with Crippen LogP contribution in [0.15, 0.2) is 10.9 Å². The number of rotatable bonds is 5. The summed E-state index contributed by atoms with van der Waals surface area (Å²) in [5.41, 5.74) is 0.860. The van der Waals surface area contributed by atoms with Crippen LogP contribution in [0, 0.1) is 19.8 Å². The number of hydrogen-bond donors (Lipinski definition) is 1. The van der Waals surface area contributed by atoms with E-state index in [2.05, 4.69) is 10.3 Å². The van der Waals surface area contributed by atoms with Crippen molar-refractivity contribution in [3.05, 3.63) is 27.9 Å². The zero-order valence-electron chi connectivity index (χ0n) is 12.1. The first-order valence-corrected chi connectivity index (χ1v) is 7.42. The topological polar surface area (TPSA) is 46.9 Å². The minimum absolute atomic E-state index is 0.0597. The van der Waals surface area contributed by atoms with E-state index in [1.165, 1.54) is 32.1 Å². The summed E-state index contributed by atoms with van der Waals surface area (Å²) < 4.78 is 1.75. The lowest BCUT2D eigenvalue weighted by Crippen LogP contribution is -2.32. The average Bonchev–Trinajstić information content (AvgIpc) is 2.38. The summed E-state index contributed by atoms with van der Waals surface area (Å²) in [5, 5.41) is 3.49. The number of nitrogens with one attached hydrogen (secondary N) is 1. The second-order valence-corrected chi connectivity index (χ2v) is 5.64. The standard InChI is InChI=1S/C15H25N3O/c1-12-10-15(19)18(13(2)17-12)9-8-16-11-14-6-4-3-5-7-14/h10,14,16H,3-9,11H2,1-2H3. The molecule has 1 aliphatic carbocycles. The van der Waals surface area contributed by atoms with Crippen LogP contribution in [-0.4, -0.2) is 22.6 Å². The van der Waals surface area contributed by atoms with Crippen LogP contribution in [0.1, 0.15) is 43.6 Å². The van der Waals surface area contributed by atoms with Gasteiger partial charge in [0.2, 0.25) is 0 Å². The van der Waals surface area contributed by atoms with Crippen molar-refractivity contribution >= 4 is 0 Å². The van der Waals surface area contributed by atoms with Crippen LogP contribution in [0.25, 0.3) is 0 Å². The molecule has 1 aromatic heterocycles. The van der Waals surface area contributed by atoms with E-state index in [-0.39, 0.29) is 5.56 Å². The van der Waals surface area contributed by atoms with E-state index in [9.17, 15) is 4.79 Å². The summed E-state index contributed by atoms with van der Waals surface area (Å²) in [4.78, 5) is 16.2. The normalized spacial score (nSPS) is 16.7. The molecule has 0 atom stereocenters. The highest BCUT2D eigenvalue weighted by atomic mass is 16.1. The van der Waals surface area contributed by atoms with E-state index in [1.54, 1.807) is 10.6 Å². The molecular weight excluding hydrogens is 238 g/mol. The maximum atomic E-state index is 11.9. The Kier molecular flexibility index (Phi) is 5.14. The zero-order valence-corrected chi connectivity index (χ0v) is 12.1. The third-order valence-corrected chi connectivity index (χ3v) is 4.00. The highest BCUT2D eigenvalue weighted by molar-refractivity contribution is 5.01. The van der Waals surface area contributed by atoms with Crippen LogP contribution in [0.3, 0.4) is 0 Å². The molecular formula is C15H25N3O. The molecule has 4 nitrogen and oxygen atoms in total. The van der Waals surface area contributed by atoms with E-state index >= 15 is 0 Å². The predicted octanol–water partition coefficient (Wildman–Crippen LogP) is 2.03. The quantitative estimate of drug-likeness (QED) is 0.827. The summed E-state index contributed by atoms with van der Waals surface area (Å²) in [6.07, 6.45) is 6.88. The molecule has 1 fully saturated rings. The number of nitrogens with zero attached hydrogens (tertiary/aromatic N) is 2. The van der Waals surface area contributed by atoms with Crippen LogP contribution >= 0.6 is 0 Å². The minimum Gasteiger partial charge on any atom is -0.315 e. The first-order valence-electron chi connectivity index (χ1n) is 7.42.